The first-order valence-electron chi connectivity index (χ1n) is 10.3. The molecule has 6 heteroatoms. The summed E-state index contributed by atoms with van der Waals surface area (Å²) in [5, 5.41) is 4.35. The summed E-state index contributed by atoms with van der Waals surface area (Å²) < 4.78 is 24.9. The van der Waals surface area contributed by atoms with Crippen molar-refractivity contribution in [2.24, 2.45) is 0 Å². The highest BCUT2D eigenvalue weighted by molar-refractivity contribution is 8.93. The van der Waals surface area contributed by atoms with Gasteiger partial charge in [-0.05, 0) is 79.5 Å². The highest BCUT2D eigenvalue weighted by atomic mass is 79.9. The van der Waals surface area contributed by atoms with Crippen LogP contribution in [0.25, 0.3) is 0 Å². The number of rotatable bonds is 6. The van der Waals surface area contributed by atoms with Crippen LogP contribution in [0, 0.1) is 0 Å². The fourth-order valence-electron chi connectivity index (χ4n) is 4.21. The minimum atomic E-state index is -2.94. The Balaban J connectivity index is 0.00000240. The van der Waals surface area contributed by atoms with E-state index in [1.165, 1.54) is 16.7 Å². The molecule has 1 fully saturated rings. The van der Waals surface area contributed by atoms with Crippen molar-refractivity contribution in [3.8, 4) is 0 Å². The maximum absolute atomic E-state index is 12.4. The number of fused-ring (bicyclic) bond motifs is 1. The molecular weight excluding hydrogens is 470 g/mol. The molecule has 1 saturated carbocycles. The first-order valence-corrected chi connectivity index (χ1v) is 12.4. The Morgan fingerprint density at radius 2 is 1.72 bits per heavy atom. The van der Waals surface area contributed by atoms with Crippen LogP contribution in [-0.2, 0) is 29.1 Å². The van der Waals surface area contributed by atoms with E-state index in [0.717, 1.165) is 55.7 Å². The third-order valence-corrected chi connectivity index (χ3v) is 8.70. The molecule has 0 spiro atoms. The lowest BCUT2D eigenvalue weighted by atomic mass is 9.92. The standard InChI is InChI=1S/C23H28ClNO2S.BrH/c24-20-10-7-17(8-11-20)16-23-22-15-18(6-9-19(22)3-2-13-25-23)12-14-28(26,27)21-4-1-5-21;/h6-11,15,21,23,25H,1-5,12-14,16H2;1H. The molecule has 29 heavy (non-hydrogen) atoms. The summed E-state index contributed by atoms with van der Waals surface area (Å²) in [6.45, 7) is 0.998. The maximum atomic E-state index is 12.4. The molecule has 2 aromatic rings. The zero-order valence-corrected chi connectivity index (χ0v) is 19.9. The van der Waals surface area contributed by atoms with Gasteiger partial charge in [0.05, 0.1) is 11.0 Å². The third-order valence-electron chi connectivity index (χ3n) is 6.19. The highest BCUT2D eigenvalue weighted by Gasteiger charge is 2.30. The van der Waals surface area contributed by atoms with Gasteiger partial charge in [0.15, 0.2) is 9.84 Å². The highest BCUT2D eigenvalue weighted by Crippen LogP contribution is 2.29. The van der Waals surface area contributed by atoms with Crippen LogP contribution in [0.4, 0.5) is 0 Å². The lowest BCUT2D eigenvalue weighted by Gasteiger charge is -2.25. The largest absolute Gasteiger partial charge is 0.310 e. The minimum absolute atomic E-state index is 0. The first kappa shape index (κ1) is 22.8. The normalized spacial score (nSPS) is 19.6. The second-order valence-corrected chi connectivity index (χ2v) is 11.0. The van der Waals surface area contributed by atoms with Gasteiger partial charge in [0.1, 0.15) is 0 Å². The lowest BCUT2D eigenvalue weighted by molar-refractivity contribution is 0.476. The van der Waals surface area contributed by atoms with Crippen LogP contribution in [0.5, 0.6) is 0 Å². The summed E-state index contributed by atoms with van der Waals surface area (Å²) in [7, 11) is -2.94. The van der Waals surface area contributed by atoms with Gasteiger partial charge in [0.2, 0.25) is 0 Å². The molecule has 1 aliphatic heterocycles. The number of hydrogen-bond donors (Lipinski definition) is 1. The van der Waals surface area contributed by atoms with E-state index in [1.807, 2.05) is 12.1 Å². The molecule has 158 valence electrons. The topological polar surface area (TPSA) is 46.2 Å². The van der Waals surface area contributed by atoms with Crippen molar-refractivity contribution >= 4 is 38.4 Å². The van der Waals surface area contributed by atoms with Crippen molar-refractivity contribution < 1.29 is 8.42 Å². The van der Waals surface area contributed by atoms with Crippen molar-refractivity contribution in [2.75, 3.05) is 12.3 Å². The third kappa shape index (κ3) is 5.63. The van der Waals surface area contributed by atoms with E-state index in [0.29, 0.717) is 6.42 Å². The van der Waals surface area contributed by atoms with Gasteiger partial charge in [-0.3, -0.25) is 0 Å². The summed E-state index contributed by atoms with van der Waals surface area (Å²) in [6, 6.07) is 14.9. The predicted octanol–water partition coefficient (Wildman–Crippen LogP) is 5.25. The van der Waals surface area contributed by atoms with Crippen molar-refractivity contribution in [3.63, 3.8) is 0 Å². The van der Waals surface area contributed by atoms with Gasteiger partial charge in [-0.15, -0.1) is 17.0 Å². The quantitative estimate of drug-likeness (QED) is 0.592. The Bertz CT molecular complexity index is 926. The van der Waals surface area contributed by atoms with Crippen LogP contribution in [0.1, 0.15) is 54.0 Å². The fraction of sp³-hybridized carbons (Fsp3) is 0.478. The molecule has 2 aromatic carbocycles. The Kier molecular flexibility index (Phi) is 7.82. The van der Waals surface area contributed by atoms with Crippen molar-refractivity contribution in [1.82, 2.24) is 5.32 Å². The Morgan fingerprint density at radius 3 is 2.41 bits per heavy atom. The van der Waals surface area contributed by atoms with E-state index in [2.05, 4.69) is 35.6 Å². The van der Waals surface area contributed by atoms with Crippen LogP contribution in [0.2, 0.25) is 5.02 Å². The monoisotopic (exact) mass is 497 g/mol. The average molecular weight is 499 g/mol. The Labute approximate surface area is 189 Å². The summed E-state index contributed by atoms with van der Waals surface area (Å²) >= 11 is 6.03. The number of aryl methyl sites for hydroxylation is 2. The molecule has 0 radical (unpaired) electrons. The molecule has 2 aliphatic rings. The van der Waals surface area contributed by atoms with E-state index in [1.54, 1.807) is 0 Å². The van der Waals surface area contributed by atoms with Gasteiger partial charge in [-0.2, -0.15) is 0 Å². The van der Waals surface area contributed by atoms with Crippen molar-refractivity contribution in [2.45, 2.75) is 56.2 Å². The molecule has 0 amide bonds. The number of hydrogen-bond acceptors (Lipinski definition) is 3. The SMILES string of the molecule is Br.O=S(=O)(CCc1ccc2c(c1)C(Cc1ccc(Cl)cc1)NCCC2)C1CCC1. The molecule has 1 heterocycles. The predicted molar refractivity (Wildman–Crippen MR) is 126 cm³/mol. The smallest absolute Gasteiger partial charge is 0.153 e. The second kappa shape index (κ2) is 9.95. The molecule has 4 rings (SSSR count). The lowest BCUT2D eigenvalue weighted by Crippen LogP contribution is -2.31. The molecular formula is C23H29BrClNO2S. The first-order chi connectivity index (χ1) is 13.5. The molecule has 0 saturated heterocycles. The molecule has 1 aliphatic carbocycles. The Morgan fingerprint density at radius 1 is 1.00 bits per heavy atom. The number of nitrogens with one attached hydrogen (secondary N) is 1. The van der Waals surface area contributed by atoms with Crippen LogP contribution < -0.4 is 5.32 Å². The van der Waals surface area contributed by atoms with Crippen LogP contribution in [0.3, 0.4) is 0 Å². The van der Waals surface area contributed by atoms with Gasteiger partial charge in [-0.1, -0.05) is 48.4 Å². The Hall–Kier alpha value is -0.880. The van der Waals surface area contributed by atoms with E-state index in [-0.39, 0.29) is 34.0 Å². The minimum Gasteiger partial charge on any atom is -0.310 e. The van der Waals surface area contributed by atoms with Crippen LogP contribution in [0.15, 0.2) is 42.5 Å². The molecule has 1 atom stereocenters. The molecule has 3 nitrogen and oxygen atoms in total. The summed E-state index contributed by atoms with van der Waals surface area (Å²) in [4.78, 5) is 0. The van der Waals surface area contributed by atoms with E-state index < -0.39 is 9.84 Å². The van der Waals surface area contributed by atoms with Crippen LogP contribution in [-0.4, -0.2) is 26.0 Å². The average Bonchev–Trinajstić information content (AvgIpc) is 2.82. The molecule has 0 bridgehead atoms. The molecule has 1 N–H and O–H groups in total. The summed E-state index contributed by atoms with van der Waals surface area (Å²) in [5.41, 5.74) is 5.10. The van der Waals surface area contributed by atoms with Gasteiger partial charge >= 0.3 is 0 Å². The summed E-state index contributed by atoms with van der Waals surface area (Å²) in [6.07, 6.45) is 6.47. The van der Waals surface area contributed by atoms with Gasteiger partial charge in [0, 0.05) is 11.1 Å². The molecule has 1 unspecified atom stereocenters. The van der Waals surface area contributed by atoms with E-state index >= 15 is 0 Å². The van der Waals surface area contributed by atoms with E-state index in [9.17, 15) is 8.42 Å². The number of sulfone groups is 1. The summed E-state index contributed by atoms with van der Waals surface area (Å²) in [5.74, 6) is 0.270. The zero-order chi connectivity index (χ0) is 19.6. The van der Waals surface area contributed by atoms with Crippen molar-refractivity contribution in [1.29, 1.82) is 0 Å². The number of benzene rings is 2. The number of halogens is 2. The van der Waals surface area contributed by atoms with Gasteiger partial charge < -0.3 is 5.32 Å². The second-order valence-electron chi connectivity index (χ2n) is 8.14. The van der Waals surface area contributed by atoms with Crippen molar-refractivity contribution in [3.05, 3.63) is 69.7 Å². The fourth-order valence-corrected chi connectivity index (χ4v) is 6.24. The zero-order valence-electron chi connectivity index (χ0n) is 16.6. The van der Waals surface area contributed by atoms with Crippen LogP contribution >= 0.6 is 28.6 Å². The van der Waals surface area contributed by atoms with Gasteiger partial charge in [0.25, 0.3) is 0 Å². The molecule has 0 aromatic heterocycles. The van der Waals surface area contributed by atoms with Gasteiger partial charge in [-0.25, -0.2) is 8.42 Å². The van der Waals surface area contributed by atoms with E-state index in [4.69, 9.17) is 11.6 Å². The maximum Gasteiger partial charge on any atom is 0.153 e.